The van der Waals surface area contributed by atoms with Crippen LogP contribution in [-0.4, -0.2) is 52.2 Å². The lowest BCUT2D eigenvalue weighted by molar-refractivity contribution is -0.709. The number of hydrogen-bond acceptors (Lipinski definition) is 7. The molecule has 0 aromatic heterocycles. The van der Waals surface area contributed by atoms with E-state index in [1.54, 1.807) is 20.8 Å². The molecule has 10 heteroatoms. The monoisotopic (exact) mass is 319 g/mol. The quantitative estimate of drug-likeness (QED) is 0.266. The van der Waals surface area contributed by atoms with E-state index in [9.17, 15) is 14.8 Å². The molecule has 1 aliphatic heterocycles. The Hall–Kier alpha value is -2.26. The van der Waals surface area contributed by atoms with Gasteiger partial charge in [-0.2, -0.15) is 0 Å². The van der Waals surface area contributed by atoms with E-state index in [-0.39, 0.29) is 18.1 Å². The predicted molar refractivity (Wildman–Crippen MR) is 71.2 cm³/mol. The Kier molecular flexibility index (Phi) is 5.77. The van der Waals surface area contributed by atoms with E-state index in [2.05, 4.69) is 5.28 Å². The largest absolute Gasteiger partial charge is 0.569 e. The Labute approximate surface area is 127 Å². The average molecular weight is 319 g/mol. The maximum Gasteiger partial charge on any atom is 0.511 e. The van der Waals surface area contributed by atoms with Crippen LogP contribution in [0.25, 0.3) is 0 Å². The van der Waals surface area contributed by atoms with Crippen LogP contribution in [0.2, 0.25) is 0 Å². The highest BCUT2D eigenvalue weighted by Gasteiger charge is 2.33. The molecule has 22 heavy (non-hydrogen) atoms. The van der Waals surface area contributed by atoms with Gasteiger partial charge in [0.15, 0.2) is 0 Å². The highest BCUT2D eigenvalue weighted by atomic mass is 16.8. The second kappa shape index (κ2) is 7.14. The maximum atomic E-state index is 11.6. The minimum Gasteiger partial charge on any atom is -0.569 e. The highest BCUT2D eigenvalue weighted by Crippen LogP contribution is 2.16. The number of ether oxygens (including phenoxy) is 2. The molecule has 1 rings (SSSR count). The Balaban J connectivity index is 2.40. The van der Waals surface area contributed by atoms with Crippen molar-refractivity contribution < 1.29 is 34.0 Å². The van der Waals surface area contributed by atoms with Crippen LogP contribution in [0.5, 0.6) is 0 Å². The molecule has 2 atom stereocenters. The lowest BCUT2D eigenvalue weighted by Crippen LogP contribution is -2.31. The molecule has 0 aromatic rings. The molecule has 0 saturated carbocycles. The zero-order valence-electron chi connectivity index (χ0n) is 13.0. The van der Waals surface area contributed by atoms with Crippen molar-refractivity contribution in [3.63, 3.8) is 0 Å². The number of carboxylic acids is 1. The van der Waals surface area contributed by atoms with Crippen molar-refractivity contribution in [1.82, 2.24) is 5.01 Å². The summed E-state index contributed by atoms with van der Waals surface area (Å²) in [5.41, 5.74) is -0.708. The van der Waals surface area contributed by atoms with Crippen LogP contribution in [0.1, 0.15) is 34.1 Å². The maximum absolute atomic E-state index is 11.6. The van der Waals surface area contributed by atoms with Gasteiger partial charge in [0.25, 0.3) is 6.29 Å². The first-order valence-corrected chi connectivity index (χ1v) is 6.80. The number of aliphatic carboxylic acids is 1. The molecule has 0 aliphatic carbocycles. The minimum atomic E-state index is -1.12. The number of nitrogens with zero attached hydrogens (tertiary/aromatic N) is 3. The second-order valence-electron chi connectivity index (χ2n) is 5.83. The molecule has 1 aliphatic rings. The lowest BCUT2D eigenvalue weighted by atomic mass is 10.1. The summed E-state index contributed by atoms with van der Waals surface area (Å²) in [5, 5.41) is 24.9. The SMILES string of the molecule is CC(O/N=[N+](/[O-])N1CCC(C(=O)O)C1)OC(=O)OC(C)(C)C. The van der Waals surface area contributed by atoms with Crippen LogP contribution in [0.3, 0.4) is 0 Å². The lowest BCUT2D eigenvalue weighted by Gasteiger charge is -2.19. The summed E-state index contributed by atoms with van der Waals surface area (Å²) in [5.74, 6) is -1.57. The van der Waals surface area contributed by atoms with Crippen molar-refractivity contribution in [1.29, 1.82) is 0 Å². The summed E-state index contributed by atoms with van der Waals surface area (Å²) < 4.78 is 9.65. The first-order valence-electron chi connectivity index (χ1n) is 6.80. The molecule has 0 bridgehead atoms. The summed E-state index contributed by atoms with van der Waals surface area (Å²) in [6, 6.07) is 0. The van der Waals surface area contributed by atoms with Crippen molar-refractivity contribution in [3.05, 3.63) is 5.21 Å². The Morgan fingerprint density at radius 1 is 1.45 bits per heavy atom. The summed E-state index contributed by atoms with van der Waals surface area (Å²) >= 11 is 0. The van der Waals surface area contributed by atoms with E-state index in [0.717, 1.165) is 0 Å². The second-order valence-corrected chi connectivity index (χ2v) is 5.83. The molecule has 126 valence electrons. The molecule has 0 spiro atoms. The van der Waals surface area contributed by atoms with Gasteiger partial charge in [-0.3, -0.25) is 9.63 Å². The number of rotatable bonds is 5. The molecule has 0 amide bonds. The number of carboxylic acid groups (broad SMARTS) is 1. The van der Waals surface area contributed by atoms with Gasteiger partial charge < -0.3 is 19.8 Å². The molecule has 2 unspecified atom stereocenters. The van der Waals surface area contributed by atoms with Gasteiger partial charge in [-0.1, -0.05) is 0 Å². The summed E-state index contributed by atoms with van der Waals surface area (Å²) in [6.07, 6.45) is -1.71. The molecular formula is C12H21N3O7. The molecule has 1 heterocycles. The van der Waals surface area contributed by atoms with Crippen molar-refractivity contribution in [3.8, 4) is 0 Å². The van der Waals surface area contributed by atoms with Crippen LogP contribution in [0.15, 0.2) is 5.28 Å². The number of hydrogen-bond donors (Lipinski definition) is 1. The van der Waals surface area contributed by atoms with Crippen LogP contribution in [0, 0.1) is 11.1 Å². The van der Waals surface area contributed by atoms with Crippen molar-refractivity contribution >= 4 is 12.1 Å². The van der Waals surface area contributed by atoms with E-state index in [1.807, 2.05) is 0 Å². The summed E-state index contributed by atoms with van der Waals surface area (Å²) in [7, 11) is 0. The number of carbonyl (C=O) groups excluding carboxylic acids is 1. The van der Waals surface area contributed by atoms with Crippen LogP contribution in [-0.2, 0) is 19.1 Å². The third-order valence-electron chi connectivity index (χ3n) is 2.68. The van der Waals surface area contributed by atoms with Crippen LogP contribution in [0.4, 0.5) is 4.79 Å². The smallest absolute Gasteiger partial charge is 0.511 e. The fourth-order valence-corrected chi connectivity index (χ4v) is 1.69. The number of carbonyl (C=O) groups is 2. The van der Waals surface area contributed by atoms with E-state index >= 15 is 0 Å². The third-order valence-corrected chi connectivity index (χ3v) is 2.68. The molecule has 0 aromatic carbocycles. The van der Waals surface area contributed by atoms with Crippen LogP contribution >= 0.6 is 0 Å². The predicted octanol–water partition coefficient (Wildman–Crippen LogP) is 1.50. The van der Waals surface area contributed by atoms with Gasteiger partial charge in [-0.05, 0) is 27.2 Å². The van der Waals surface area contributed by atoms with E-state index < -0.39 is 29.9 Å². The van der Waals surface area contributed by atoms with Crippen molar-refractivity contribution in [2.45, 2.75) is 46.0 Å². The molecule has 0 radical (unpaired) electrons. The highest BCUT2D eigenvalue weighted by molar-refractivity contribution is 5.70. The number of hydrazine groups is 1. The Bertz CT molecular complexity index is 446. The normalized spacial score (nSPS) is 20.5. The third kappa shape index (κ3) is 6.02. The van der Waals surface area contributed by atoms with Gasteiger partial charge in [-0.25, -0.2) is 4.79 Å². The summed E-state index contributed by atoms with van der Waals surface area (Å²) in [6.45, 7) is 6.70. The fraction of sp³-hybridized carbons (Fsp3) is 0.833. The van der Waals surface area contributed by atoms with E-state index in [4.69, 9.17) is 19.4 Å². The first-order chi connectivity index (χ1) is 10.1. The van der Waals surface area contributed by atoms with Gasteiger partial charge in [0.2, 0.25) is 5.28 Å². The Morgan fingerprint density at radius 3 is 2.59 bits per heavy atom. The van der Waals surface area contributed by atoms with E-state index in [1.165, 1.54) is 11.9 Å². The van der Waals surface area contributed by atoms with Crippen molar-refractivity contribution in [2.24, 2.45) is 11.2 Å². The van der Waals surface area contributed by atoms with Crippen molar-refractivity contribution in [2.75, 3.05) is 13.1 Å². The van der Waals surface area contributed by atoms with Gasteiger partial charge in [0, 0.05) is 6.92 Å². The Morgan fingerprint density at radius 2 is 2.09 bits per heavy atom. The fourth-order valence-electron chi connectivity index (χ4n) is 1.69. The zero-order valence-corrected chi connectivity index (χ0v) is 13.0. The van der Waals surface area contributed by atoms with Gasteiger partial charge >= 0.3 is 12.1 Å². The minimum absolute atomic E-state index is 0.0486. The zero-order chi connectivity index (χ0) is 16.9. The standard InChI is InChI=1S/C12H21N3O7/c1-8(20-11(18)21-12(2,3)4)22-13-15(19)14-6-5-9(7-14)10(16)17/h8-9H,5-7H2,1-4H3,(H,16,17)/b15-13+. The molecule has 1 N–H and O–H groups in total. The first kappa shape index (κ1) is 17.8. The molecular weight excluding hydrogens is 298 g/mol. The van der Waals surface area contributed by atoms with Gasteiger partial charge in [0.1, 0.15) is 5.60 Å². The van der Waals surface area contributed by atoms with Gasteiger partial charge in [0.05, 0.1) is 24.0 Å². The van der Waals surface area contributed by atoms with Crippen LogP contribution < -0.4 is 0 Å². The molecule has 10 nitrogen and oxygen atoms in total. The molecule has 1 fully saturated rings. The topological polar surface area (TPSA) is 124 Å². The summed E-state index contributed by atoms with van der Waals surface area (Å²) in [4.78, 5) is 27.0. The van der Waals surface area contributed by atoms with Gasteiger partial charge in [-0.15, -0.1) is 5.01 Å². The average Bonchev–Trinajstić information content (AvgIpc) is 2.83. The van der Waals surface area contributed by atoms with E-state index in [0.29, 0.717) is 6.42 Å². The molecule has 1 saturated heterocycles.